The molecule has 0 bridgehead atoms. The summed E-state index contributed by atoms with van der Waals surface area (Å²) in [5.41, 5.74) is -0.579. The Bertz CT molecular complexity index is 1040. The van der Waals surface area contributed by atoms with Crippen molar-refractivity contribution in [2.45, 2.75) is 18.7 Å². The molecule has 156 valence electrons. The number of nitrogens with zero attached hydrogens (tertiary/aromatic N) is 1. The Morgan fingerprint density at radius 2 is 1.76 bits per heavy atom. The maximum Gasteiger partial charge on any atom is 0.339 e. The molecule has 2 rings (SSSR count). The van der Waals surface area contributed by atoms with Crippen LogP contribution in [0.1, 0.15) is 24.2 Å². The van der Waals surface area contributed by atoms with Gasteiger partial charge in [0.1, 0.15) is 0 Å². The van der Waals surface area contributed by atoms with E-state index in [0.717, 1.165) is 12.1 Å². The predicted octanol–water partition coefficient (Wildman–Crippen LogP) is 0.906. The first-order valence-electron chi connectivity index (χ1n) is 8.68. The van der Waals surface area contributed by atoms with Crippen molar-refractivity contribution in [1.82, 2.24) is 9.29 Å². The molecule has 0 saturated heterocycles. The van der Waals surface area contributed by atoms with Crippen LogP contribution < -0.4 is 10.9 Å². The van der Waals surface area contributed by atoms with E-state index in [2.05, 4.69) is 10.3 Å². The number of carbonyl (C=O) groups excluding carboxylic acids is 2. The fourth-order valence-electron chi connectivity index (χ4n) is 2.48. The molecule has 0 saturated carbocycles. The predicted molar refractivity (Wildman–Crippen MR) is 104 cm³/mol. The van der Waals surface area contributed by atoms with E-state index in [9.17, 15) is 27.9 Å². The number of anilines is 1. The highest BCUT2D eigenvalue weighted by molar-refractivity contribution is 7.89. The number of pyridine rings is 1. The number of ether oxygens (including phenoxy) is 1. The largest absolute Gasteiger partial charge is 0.494 e. The number of benzene rings is 1. The minimum atomic E-state index is -3.60. The van der Waals surface area contributed by atoms with Crippen molar-refractivity contribution >= 4 is 27.6 Å². The molecule has 0 aliphatic rings. The highest BCUT2D eigenvalue weighted by Gasteiger charge is 2.21. The van der Waals surface area contributed by atoms with E-state index in [1.807, 2.05) is 0 Å². The molecule has 1 aromatic heterocycles. The minimum Gasteiger partial charge on any atom is -0.494 e. The lowest BCUT2D eigenvalue weighted by atomic mass is 10.3. The molecule has 0 aliphatic carbocycles. The molecular formula is C18H21N3O7S. The van der Waals surface area contributed by atoms with E-state index >= 15 is 0 Å². The third-order valence-electron chi connectivity index (χ3n) is 3.88. The van der Waals surface area contributed by atoms with E-state index < -0.39 is 39.9 Å². The molecule has 2 aromatic rings. The Hall–Kier alpha value is -3.18. The monoisotopic (exact) mass is 423 g/mol. The second kappa shape index (κ2) is 9.34. The summed E-state index contributed by atoms with van der Waals surface area (Å²) in [6, 6.07) is 7.50. The van der Waals surface area contributed by atoms with Gasteiger partial charge in [-0.2, -0.15) is 4.31 Å². The van der Waals surface area contributed by atoms with Crippen molar-refractivity contribution in [2.75, 3.05) is 25.0 Å². The van der Waals surface area contributed by atoms with E-state index in [1.165, 1.54) is 28.6 Å². The summed E-state index contributed by atoms with van der Waals surface area (Å²) in [4.78, 5) is 37.2. The zero-order chi connectivity index (χ0) is 21.6. The number of hydrogen-bond acceptors (Lipinski definition) is 7. The summed E-state index contributed by atoms with van der Waals surface area (Å²) in [7, 11) is -3.60. The maximum absolute atomic E-state index is 12.4. The lowest BCUT2D eigenvalue weighted by Crippen LogP contribution is -2.30. The van der Waals surface area contributed by atoms with Gasteiger partial charge in [-0.15, -0.1) is 0 Å². The Morgan fingerprint density at radius 1 is 1.14 bits per heavy atom. The van der Waals surface area contributed by atoms with Crippen molar-refractivity contribution < 1.29 is 27.9 Å². The van der Waals surface area contributed by atoms with Crippen LogP contribution in [0.4, 0.5) is 5.69 Å². The second-order valence-corrected chi connectivity index (χ2v) is 7.79. The van der Waals surface area contributed by atoms with Gasteiger partial charge in [-0.3, -0.25) is 14.6 Å². The average molecular weight is 423 g/mol. The fraction of sp³-hybridized carbons (Fsp3) is 0.278. The molecule has 1 amide bonds. The summed E-state index contributed by atoms with van der Waals surface area (Å²) < 4.78 is 31.0. The zero-order valence-corrected chi connectivity index (χ0v) is 16.7. The Balaban J connectivity index is 1.97. The number of nitrogens with one attached hydrogen (secondary N) is 2. The zero-order valence-electron chi connectivity index (χ0n) is 15.8. The number of rotatable bonds is 8. The Morgan fingerprint density at radius 3 is 2.31 bits per heavy atom. The van der Waals surface area contributed by atoms with Crippen LogP contribution >= 0.6 is 0 Å². The van der Waals surface area contributed by atoms with Gasteiger partial charge in [0.2, 0.25) is 10.0 Å². The summed E-state index contributed by atoms with van der Waals surface area (Å²) >= 11 is 0. The van der Waals surface area contributed by atoms with Crippen LogP contribution in [-0.4, -0.2) is 54.4 Å². The van der Waals surface area contributed by atoms with Crippen molar-refractivity contribution in [3.63, 3.8) is 0 Å². The normalized spacial score (nSPS) is 11.3. The van der Waals surface area contributed by atoms with Crippen LogP contribution in [0.2, 0.25) is 0 Å². The lowest BCUT2D eigenvalue weighted by molar-refractivity contribution is -0.119. The fourth-order valence-corrected chi connectivity index (χ4v) is 3.94. The third-order valence-corrected chi connectivity index (χ3v) is 5.95. The van der Waals surface area contributed by atoms with Crippen molar-refractivity contribution in [2.24, 2.45) is 0 Å². The number of carbonyl (C=O) groups is 2. The van der Waals surface area contributed by atoms with Crippen LogP contribution in [-0.2, 0) is 19.6 Å². The topological polar surface area (TPSA) is 146 Å². The molecular weight excluding hydrogens is 402 g/mol. The standard InChI is InChI=1S/C18H21N3O7S/c1-3-21(4-2)29(26,27)14-7-5-13(6-8-14)19-17(24)11-28-18(25)12-9-15(22)20-16(23)10-12/h5-10H,3-4,11H2,1-2H3,(H,19,24)(H2,20,22,23). The van der Waals surface area contributed by atoms with E-state index in [0.29, 0.717) is 18.8 Å². The highest BCUT2D eigenvalue weighted by atomic mass is 32.2. The summed E-state index contributed by atoms with van der Waals surface area (Å²) in [6.45, 7) is 3.53. The SMILES string of the molecule is CCN(CC)S(=O)(=O)c1ccc(NC(=O)COC(=O)c2cc(O)[nH]c(=O)c2)cc1. The molecule has 11 heteroatoms. The quantitative estimate of drug-likeness (QED) is 0.535. The molecule has 0 aliphatic heterocycles. The minimum absolute atomic E-state index is 0.0970. The van der Waals surface area contributed by atoms with Gasteiger partial charge >= 0.3 is 5.97 Å². The van der Waals surface area contributed by atoms with Gasteiger partial charge in [-0.1, -0.05) is 13.8 Å². The first kappa shape index (κ1) is 22.1. The molecule has 29 heavy (non-hydrogen) atoms. The van der Waals surface area contributed by atoms with Crippen LogP contribution in [0, 0.1) is 0 Å². The van der Waals surface area contributed by atoms with E-state index in [4.69, 9.17) is 4.74 Å². The molecule has 0 atom stereocenters. The lowest BCUT2D eigenvalue weighted by Gasteiger charge is -2.18. The molecule has 0 unspecified atom stereocenters. The molecule has 3 N–H and O–H groups in total. The number of aromatic hydroxyl groups is 1. The Labute approximate surface area is 167 Å². The maximum atomic E-state index is 12.4. The van der Waals surface area contributed by atoms with Gasteiger partial charge in [0.25, 0.3) is 11.5 Å². The third kappa shape index (κ3) is 5.65. The summed E-state index contributed by atoms with van der Waals surface area (Å²) in [6.07, 6.45) is 0. The van der Waals surface area contributed by atoms with E-state index in [1.54, 1.807) is 13.8 Å². The first-order chi connectivity index (χ1) is 13.7. The van der Waals surface area contributed by atoms with Crippen molar-refractivity contribution in [3.8, 4) is 5.88 Å². The molecule has 0 fully saturated rings. The number of amides is 1. The molecule has 1 aromatic carbocycles. The number of aromatic nitrogens is 1. The van der Waals surface area contributed by atoms with Crippen LogP contribution in [0.15, 0.2) is 46.1 Å². The molecule has 1 heterocycles. The van der Waals surface area contributed by atoms with Gasteiger partial charge in [0.05, 0.1) is 10.5 Å². The smallest absolute Gasteiger partial charge is 0.339 e. The highest BCUT2D eigenvalue weighted by Crippen LogP contribution is 2.18. The number of esters is 1. The van der Waals surface area contributed by atoms with Gasteiger partial charge in [0, 0.05) is 30.9 Å². The molecule has 10 nitrogen and oxygen atoms in total. The number of H-pyrrole nitrogens is 1. The summed E-state index contributed by atoms with van der Waals surface area (Å²) in [5, 5.41) is 11.7. The van der Waals surface area contributed by atoms with Crippen molar-refractivity contribution in [3.05, 3.63) is 52.3 Å². The number of aromatic amines is 1. The van der Waals surface area contributed by atoms with Crippen molar-refractivity contribution in [1.29, 1.82) is 0 Å². The van der Waals surface area contributed by atoms with Crippen LogP contribution in [0.5, 0.6) is 5.88 Å². The van der Waals surface area contributed by atoms with Gasteiger partial charge in [-0.05, 0) is 24.3 Å². The number of hydrogen-bond donors (Lipinski definition) is 3. The van der Waals surface area contributed by atoms with Crippen LogP contribution in [0.3, 0.4) is 0 Å². The van der Waals surface area contributed by atoms with Gasteiger partial charge in [0.15, 0.2) is 12.5 Å². The second-order valence-electron chi connectivity index (χ2n) is 5.86. The van der Waals surface area contributed by atoms with Crippen LogP contribution in [0.25, 0.3) is 0 Å². The van der Waals surface area contributed by atoms with Gasteiger partial charge in [-0.25, -0.2) is 13.2 Å². The molecule has 0 radical (unpaired) electrons. The first-order valence-corrected chi connectivity index (χ1v) is 10.1. The van der Waals surface area contributed by atoms with Gasteiger partial charge < -0.3 is 15.2 Å². The Kier molecular flexibility index (Phi) is 7.13. The average Bonchev–Trinajstić information content (AvgIpc) is 2.66. The molecule has 0 spiro atoms. The summed E-state index contributed by atoms with van der Waals surface area (Å²) in [5.74, 6) is -2.12. The number of sulfonamides is 1. The van der Waals surface area contributed by atoms with E-state index in [-0.39, 0.29) is 10.5 Å².